The Bertz CT molecular complexity index is 86.6. The number of rotatable bonds is 0. The summed E-state index contributed by atoms with van der Waals surface area (Å²) in [7, 11) is 0. The van der Waals surface area contributed by atoms with Crippen LogP contribution in [0.5, 0.6) is 0 Å². The zero-order valence-electron chi connectivity index (χ0n) is 5.45. The molecule has 0 aliphatic carbocycles. The molecule has 2 heterocycles. The van der Waals surface area contributed by atoms with Gasteiger partial charge in [-0.15, -0.1) is 0 Å². The first-order valence-electron chi connectivity index (χ1n) is 3.91. The van der Waals surface area contributed by atoms with Crippen molar-refractivity contribution < 1.29 is 0 Å². The summed E-state index contributed by atoms with van der Waals surface area (Å²) in [4.78, 5) is 0. The summed E-state index contributed by atoms with van der Waals surface area (Å²) >= 11 is -0.833. The summed E-state index contributed by atoms with van der Waals surface area (Å²) in [6.45, 7) is 0. The average molecular weight is 171 g/mol. The van der Waals surface area contributed by atoms with E-state index in [0.29, 0.717) is 0 Å². The minimum atomic E-state index is -0.833. The molecule has 0 saturated carbocycles. The molecule has 0 aromatic heterocycles. The third-order valence-electron chi connectivity index (χ3n) is 3.08. The Labute approximate surface area is 54.0 Å². The Morgan fingerprint density at radius 2 is 1.12 bits per heavy atom. The molecule has 2 fully saturated rings. The molecule has 2 aliphatic rings. The standard InChI is InChI=1S/C7H14Ge/c1-2-5-8(4-1)6-3-7-8/h1-7H2. The van der Waals surface area contributed by atoms with Crippen molar-refractivity contribution in [1.29, 1.82) is 0 Å². The van der Waals surface area contributed by atoms with Gasteiger partial charge in [0.05, 0.1) is 0 Å². The summed E-state index contributed by atoms with van der Waals surface area (Å²) in [6, 6.07) is 0. The van der Waals surface area contributed by atoms with Gasteiger partial charge in [0.15, 0.2) is 0 Å². The van der Waals surface area contributed by atoms with Gasteiger partial charge in [-0.1, -0.05) is 0 Å². The molecule has 2 rings (SSSR count). The quantitative estimate of drug-likeness (QED) is 0.491. The van der Waals surface area contributed by atoms with Crippen molar-refractivity contribution in [2.45, 2.75) is 40.3 Å². The first kappa shape index (κ1) is 5.34. The van der Waals surface area contributed by atoms with Crippen LogP contribution in [0.4, 0.5) is 0 Å². The first-order valence-corrected chi connectivity index (χ1v) is 9.85. The van der Waals surface area contributed by atoms with E-state index in [1.54, 1.807) is 40.3 Å². The molecule has 0 unspecified atom stereocenters. The normalized spacial score (nSPS) is 33.0. The summed E-state index contributed by atoms with van der Waals surface area (Å²) in [6.07, 6.45) is 4.83. The summed E-state index contributed by atoms with van der Waals surface area (Å²) in [5, 5.41) is 7.00. The summed E-state index contributed by atoms with van der Waals surface area (Å²) in [5.74, 6) is 0. The molecule has 0 amide bonds. The van der Waals surface area contributed by atoms with Crippen LogP contribution in [0.15, 0.2) is 0 Å². The second-order valence-electron chi connectivity index (χ2n) is 3.56. The fourth-order valence-electron chi connectivity index (χ4n) is 2.30. The van der Waals surface area contributed by atoms with Crippen LogP contribution in [0.25, 0.3) is 0 Å². The predicted octanol–water partition coefficient (Wildman–Crippen LogP) is 2.63. The zero-order valence-corrected chi connectivity index (χ0v) is 7.55. The monoisotopic (exact) mass is 172 g/mol. The van der Waals surface area contributed by atoms with E-state index in [2.05, 4.69) is 0 Å². The van der Waals surface area contributed by atoms with Gasteiger partial charge < -0.3 is 0 Å². The van der Waals surface area contributed by atoms with Gasteiger partial charge in [0.1, 0.15) is 0 Å². The van der Waals surface area contributed by atoms with Gasteiger partial charge in [0.25, 0.3) is 0 Å². The molecule has 2 saturated heterocycles. The predicted molar refractivity (Wildman–Crippen MR) is 38.8 cm³/mol. The van der Waals surface area contributed by atoms with Crippen LogP contribution in [0.3, 0.4) is 0 Å². The maximum absolute atomic E-state index is 1.75. The van der Waals surface area contributed by atoms with Crippen LogP contribution < -0.4 is 0 Å². The molecule has 8 heavy (non-hydrogen) atoms. The summed E-state index contributed by atoms with van der Waals surface area (Å²) < 4.78 is 0. The van der Waals surface area contributed by atoms with Gasteiger partial charge in [0.2, 0.25) is 0 Å². The van der Waals surface area contributed by atoms with Crippen LogP contribution in [-0.4, -0.2) is 13.3 Å². The van der Waals surface area contributed by atoms with Gasteiger partial charge in [-0.3, -0.25) is 0 Å². The second kappa shape index (κ2) is 1.76. The van der Waals surface area contributed by atoms with E-state index in [0.717, 1.165) is 0 Å². The van der Waals surface area contributed by atoms with Crippen LogP contribution in [0.1, 0.15) is 19.3 Å². The van der Waals surface area contributed by atoms with E-state index in [-0.39, 0.29) is 0 Å². The molecule has 1 spiro atoms. The average Bonchev–Trinajstić information content (AvgIpc) is 2.07. The van der Waals surface area contributed by atoms with Crippen molar-refractivity contribution in [2.75, 3.05) is 0 Å². The Hall–Kier alpha value is 0.543. The Morgan fingerprint density at radius 3 is 1.38 bits per heavy atom. The van der Waals surface area contributed by atoms with Gasteiger partial charge in [-0.05, 0) is 0 Å². The van der Waals surface area contributed by atoms with Gasteiger partial charge in [0, 0.05) is 0 Å². The number of hydrogen-bond donors (Lipinski definition) is 0. The van der Waals surface area contributed by atoms with Crippen molar-refractivity contribution in [3.05, 3.63) is 0 Å². The van der Waals surface area contributed by atoms with Gasteiger partial charge in [-0.2, -0.15) is 0 Å². The zero-order chi connectivity index (χ0) is 5.45. The Kier molecular flexibility index (Phi) is 1.17. The molecule has 0 N–H and O–H groups in total. The molecule has 0 atom stereocenters. The van der Waals surface area contributed by atoms with Crippen molar-refractivity contribution in [2.24, 2.45) is 0 Å². The van der Waals surface area contributed by atoms with Crippen molar-refractivity contribution >= 4 is 13.3 Å². The maximum atomic E-state index is 1.75. The van der Waals surface area contributed by atoms with Crippen LogP contribution in [0.2, 0.25) is 21.0 Å². The van der Waals surface area contributed by atoms with E-state index >= 15 is 0 Å². The minimum absolute atomic E-state index is 0.833. The SMILES string of the molecule is C1C[CH2][Ge]2([CH2]1)[CH2]C[CH2]2. The van der Waals surface area contributed by atoms with Crippen LogP contribution in [0, 0.1) is 0 Å². The Morgan fingerprint density at radius 1 is 0.625 bits per heavy atom. The fraction of sp³-hybridized carbons (Fsp3) is 1.00. The van der Waals surface area contributed by atoms with Gasteiger partial charge in [-0.25, -0.2) is 0 Å². The molecule has 0 aromatic rings. The van der Waals surface area contributed by atoms with Crippen molar-refractivity contribution in [1.82, 2.24) is 0 Å². The fourth-order valence-corrected chi connectivity index (χ4v) is 12.0. The third-order valence-corrected chi connectivity index (χ3v) is 14.9. The van der Waals surface area contributed by atoms with E-state index in [9.17, 15) is 0 Å². The molecule has 0 radical (unpaired) electrons. The van der Waals surface area contributed by atoms with Crippen molar-refractivity contribution in [3.8, 4) is 0 Å². The van der Waals surface area contributed by atoms with E-state index in [4.69, 9.17) is 0 Å². The van der Waals surface area contributed by atoms with Gasteiger partial charge >= 0.3 is 53.5 Å². The van der Waals surface area contributed by atoms with E-state index < -0.39 is 13.3 Å². The van der Waals surface area contributed by atoms with Crippen LogP contribution >= 0.6 is 0 Å². The molecule has 1 heteroatoms. The molecular formula is C7H14Ge. The van der Waals surface area contributed by atoms with Crippen molar-refractivity contribution in [3.63, 3.8) is 0 Å². The molecule has 0 bridgehead atoms. The first-order chi connectivity index (χ1) is 3.91. The summed E-state index contributed by atoms with van der Waals surface area (Å²) in [5.41, 5.74) is 0. The van der Waals surface area contributed by atoms with E-state index in [1.165, 1.54) is 0 Å². The van der Waals surface area contributed by atoms with E-state index in [1.807, 2.05) is 0 Å². The molecular weight excluding hydrogens is 157 g/mol. The Balaban J connectivity index is 2.01. The van der Waals surface area contributed by atoms with Crippen LogP contribution in [-0.2, 0) is 0 Å². The second-order valence-corrected chi connectivity index (χ2v) is 14.1. The molecule has 2 aliphatic heterocycles. The molecule has 0 nitrogen and oxygen atoms in total. The third kappa shape index (κ3) is 0.653. The topological polar surface area (TPSA) is 0 Å². The molecule has 0 aromatic carbocycles. The number of hydrogen-bond acceptors (Lipinski definition) is 0. The molecule has 46 valence electrons.